The molecule has 2 rings (SSSR count). The molecular formula is C13H9ClFNO4S. The van der Waals surface area contributed by atoms with Crippen LogP contribution in [0.5, 0.6) is 0 Å². The van der Waals surface area contributed by atoms with Gasteiger partial charge in [-0.3, -0.25) is 4.72 Å². The highest BCUT2D eigenvalue weighted by Gasteiger charge is 2.21. The molecule has 0 aliphatic rings. The minimum absolute atomic E-state index is 0.0102. The first-order valence-corrected chi connectivity index (χ1v) is 7.47. The van der Waals surface area contributed by atoms with Crippen molar-refractivity contribution in [2.45, 2.75) is 4.90 Å². The molecule has 0 aliphatic carbocycles. The van der Waals surface area contributed by atoms with E-state index in [1.165, 1.54) is 18.2 Å². The zero-order chi connectivity index (χ0) is 15.6. The van der Waals surface area contributed by atoms with Crippen LogP contribution in [0.15, 0.2) is 47.4 Å². The number of aromatic carboxylic acids is 1. The molecule has 2 aromatic rings. The van der Waals surface area contributed by atoms with Crippen molar-refractivity contribution in [2.24, 2.45) is 0 Å². The maximum Gasteiger partial charge on any atom is 0.337 e. The Kier molecular flexibility index (Phi) is 4.15. The van der Waals surface area contributed by atoms with Gasteiger partial charge in [0.05, 0.1) is 16.3 Å². The smallest absolute Gasteiger partial charge is 0.337 e. The van der Waals surface area contributed by atoms with E-state index in [0.29, 0.717) is 0 Å². The van der Waals surface area contributed by atoms with Gasteiger partial charge in [0.1, 0.15) is 10.7 Å². The van der Waals surface area contributed by atoms with Crippen LogP contribution < -0.4 is 4.72 Å². The van der Waals surface area contributed by atoms with Crippen LogP contribution in [0.2, 0.25) is 5.02 Å². The Labute approximate surface area is 125 Å². The molecule has 21 heavy (non-hydrogen) atoms. The monoisotopic (exact) mass is 329 g/mol. The number of hydrogen-bond acceptors (Lipinski definition) is 3. The summed E-state index contributed by atoms with van der Waals surface area (Å²) in [6.07, 6.45) is 0. The highest BCUT2D eigenvalue weighted by Crippen LogP contribution is 2.25. The van der Waals surface area contributed by atoms with Crippen molar-refractivity contribution in [3.63, 3.8) is 0 Å². The summed E-state index contributed by atoms with van der Waals surface area (Å²) in [4.78, 5) is 10.8. The van der Waals surface area contributed by atoms with E-state index in [4.69, 9.17) is 16.7 Å². The number of halogens is 2. The Morgan fingerprint density at radius 2 is 1.86 bits per heavy atom. The molecular weight excluding hydrogens is 321 g/mol. The molecule has 0 aliphatic heterocycles. The molecule has 0 spiro atoms. The second kappa shape index (κ2) is 5.71. The lowest BCUT2D eigenvalue weighted by Gasteiger charge is -2.11. The fourth-order valence-corrected chi connectivity index (χ4v) is 3.25. The van der Waals surface area contributed by atoms with Gasteiger partial charge in [-0.2, -0.15) is 0 Å². The number of anilines is 1. The third-order valence-electron chi connectivity index (χ3n) is 2.58. The van der Waals surface area contributed by atoms with E-state index in [1.807, 2.05) is 0 Å². The van der Waals surface area contributed by atoms with Gasteiger partial charge >= 0.3 is 5.97 Å². The zero-order valence-corrected chi connectivity index (χ0v) is 12.0. The first-order valence-electron chi connectivity index (χ1n) is 5.61. The van der Waals surface area contributed by atoms with Crippen molar-refractivity contribution in [2.75, 3.05) is 4.72 Å². The number of carboxylic acids is 1. The molecule has 2 aromatic carbocycles. The zero-order valence-electron chi connectivity index (χ0n) is 10.4. The van der Waals surface area contributed by atoms with Crippen molar-refractivity contribution in [1.82, 2.24) is 0 Å². The quantitative estimate of drug-likeness (QED) is 0.903. The molecule has 110 valence electrons. The van der Waals surface area contributed by atoms with Crippen LogP contribution in [0.25, 0.3) is 0 Å². The van der Waals surface area contributed by atoms with Crippen LogP contribution in [-0.2, 0) is 10.0 Å². The van der Waals surface area contributed by atoms with Gasteiger partial charge in [-0.15, -0.1) is 0 Å². The molecule has 8 heteroatoms. The SMILES string of the molecule is O=C(O)c1cc(F)ccc1NS(=O)(=O)c1ccccc1Cl. The van der Waals surface area contributed by atoms with Crippen LogP contribution >= 0.6 is 11.6 Å². The van der Waals surface area contributed by atoms with E-state index in [0.717, 1.165) is 18.2 Å². The van der Waals surface area contributed by atoms with Gasteiger partial charge < -0.3 is 5.11 Å². The van der Waals surface area contributed by atoms with Gasteiger partial charge in [0, 0.05) is 0 Å². The van der Waals surface area contributed by atoms with Crippen molar-refractivity contribution < 1.29 is 22.7 Å². The van der Waals surface area contributed by atoms with Crippen LogP contribution in [0.3, 0.4) is 0 Å². The van der Waals surface area contributed by atoms with Gasteiger partial charge in [-0.25, -0.2) is 17.6 Å². The minimum Gasteiger partial charge on any atom is -0.478 e. The fourth-order valence-electron chi connectivity index (χ4n) is 1.64. The third kappa shape index (κ3) is 3.32. The number of sulfonamides is 1. The molecule has 0 unspecified atom stereocenters. The Hall–Kier alpha value is -2.12. The normalized spacial score (nSPS) is 11.1. The number of hydrogen-bond donors (Lipinski definition) is 2. The number of nitrogens with one attached hydrogen (secondary N) is 1. The molecule has 5 nitrogen and oxygen atoms in total. The first kappa shape index (κ1) is 15.3. The summed E-state index contributed by atoms with van der Waals surface area (Å²) >= 11 is 5.81. The molecule has 0 amide bonds. The van der Waals surface area contributed by atoms with E-state index in [-0.39, 0.29) is 15.6 Å². The third-order valence-corrected chi connectivity index (χ3v) is 4.45. The second-order valence-electron chi connectivity index (χ2n) is 4.03. The predicted molar refractivity (Wildman–Crippen MR) is 75.6 cm³/mol. The second-order valence-corrected chi connectivity index (χ2v) is 6.09. The van der Waals surface area contributed by atoms with E-state index in [1.54, 1.807) is 6.07 Å². The van der Waals surface area contributed by atoms with Gasteiger partial charge in [-0.05, 0) is 30.3 Å². The number of carbonyl (C=O) groups is 1. The average Bonchev–Trinajstić information content (AvgIpc) is 2.40. The van der Waals surface area contributed by atoms with Gasteiger partial charge in [0.15, 0.2) is 0 Å². The lowest BCUT2D eigenvalue weighted by atomic mass is 10.2. The Morgan fingerprint density at radius 1 is 1.19 bits per heavy atom. The lowest BCUT2D eigenvalue weighted by Crippen LogP contribution is -2.16. The largest absolute Gasteiger partial charge is 0.478 e. The van der Waals surface area contributed by atoms with Crippen molar-refractivity contribution >= 4 is 33.3 Å². The molecule has 0 aromatic heterocycles. The van der Waals surface area contributed by atoms with E-state index in [9.17, 15) is 17.6 Å². The van der Waals surface area contributed by atoms with Crippen LogP contribution in [0.4, 0.5) is 10.1 Å². The molecule has 0 saturated carbocycles. The standard InChI is InChI=1S/C13H9ClFNO4S/c14-10-3-1-2-4-12(10)21(19,20)16-11-6-5-8(15)7-9(11)13(17)18/h1-7,16H,(H,17,18). The number of rotatable bonds is 4. The Morgan fingerprint density at radius 3 is 2.48 bits per heavy atom. The van der Waals surface area contributed by atoms with E-state index >= 15 is 0 Å². The Bertz CT molecular complexity index is 808. The lowest BCUT2D eigenvalue weighted by molar-refractivity contribution is 0.0697. The first-order chi connectivity index (χ1) is 9.81. The molecule has 0 saturated heterocycles. The maximum absolute atomic E-state index is 13.1. The van der Waals surface area contributed by atoms with Crippen LogP contribution in [0.1, 0.15) is 10.4 Å². The minimum atomic E-state index is -4.08. The molecule has 0 radical (unpaired) electrons. The predicted octanol–water partition coefficient (Wildman–Crippen LogP) is 2.98. The molecule has 0 atom stereocenters. The van der Waals surface area contributed by atoms with Gasteiger partial charge in [0.2, 0.25) is 0 Å². The summed E-state index contributed by atoms with van der Waals surface area (Å²) in [6.45, 7) is 0. The molecule has 0 bridgehead atoms. The average molecular weight is 330 g/mol. The van der Waals surface area contributed by atoms with Crippen LogP contribution in [0, 0.1) is 5.82 Å². The van der Waals surface area contributed by atoms with E-state index in [2.05, 4.69) is 4.72 Å². The summed E-state index contributed by atoms with van der Waals surface area (Å²) in [5.41, 5.74) is -0.741. The maximum atomic E-state index is 13.1. The number of carboxylic acid groups (broad SMARTS) is 1. The Balaban J connectivity index is 2.47. The highest BCUT2D eigenvalue weighted by atomic mass is 35.5. The number of benzene rings is 2. The van der Waals surface area contributed by atoms with Gasteiger partial charge in [0.25, 0.3) is 10.0 Å². The highest BCUT2D eigenvalue weighted by molar-refractivity contribution is 7.92. The van der Waals surface area contributed by atoms with Gasteiger partial charge in [-0.1, -0.05) is 23.7 Å². The summed E-state index contributed by atoms with van der Waals surface area (Å²) in [5, 5.41) is 8.97. The summed E-state index contributed by atoms with van der Waals surface area (Å²) in [7, 11) is -4.08. The van der Waals surface area contributed by atoms with Crippen molar-refractivity contribution in [3.8, 4) is 0 Å². The van der Waals surface area contributed by atoms with Crippen molar-refractivity contribution in [3.05, 3.63) is 58.9 Å². The molecule has 0 fully saturated rings. The fraction of sp³-hybridized carbons (Fsp3) is 0. The van der Waals surface area contributed by atoms with Crippen LogP contribution in [-0.4, -0.2) is 19.5 Å². The molecule has 2 N–H and O–H groups in total. The van der Waals surface area contributed by atoms with Crippen molar-refractivity contribution in [1.29, 1.82) is 0 Å². The van der Waals surface area contributed by atoms with E-state index < -0.39 is 27.4 Å². The molecule has 0 heterocycles. The topological polar surface area (TPSA) is 83.5 Å². The summed E-state index contributed by atoms with van der Waals surface area (Å²) < 4.78 is 39.6. The summed E-state index contributed by atoms with van der Waals surface area (Å²) in [6, 6.07) is 8.41. The summed E-state index contributed by atoms with van der Waals surface area (Å²) in [5.74, 6) is -2.24.